The Morgan fingerprint density at radius 3 is 2.40 bits per heavy atom. The lowest BCUT2D eigenvalue weighted by Crippen LogP contribution is -1.99. The van der Waals surface area contributed by atoms with Crippen molar-refractivity contribution < 1.29 is 4.74 Å². The lowest BCUT2D eigenvalue weighted by Gasteiger charge is -2.10. The van der Waals surface area contributed by atoms with E-state index in [2.05, 4.69) is 6.92 Å². The SMILES string of the molecule is CCCCOc1cc(Sc2ccc(N)cc2)ccc1N. The molecule has 0 bridgehead atoms. The summed E-state index contributed by atoms with van der Waals surface area (Å²) in [5.74, 6) is 0.763. The Bertz CT molecular complexity index is 555. The van der Waals surface area contributed by atoms with Crippen LogP contribution in [0.5, 0.6) is 5.75 Å². The van der Waals surface area contributed by atoms with Crippen LogP contribution >= 0.6 is 11.8 Å². The third kappa shape index (κ3) is 4.10. The molecule has 0 unspecified atom stereocenters. The van der Waals surface area contributed by atoms with Gasteiger partial charge in [0, 0.05) is 15.5 Å². The fraction of sp³-hybridized carbons (Fsp3) is 0.250. The number of nitrogen functional groups attached to an aromatic ring is 2. The van der Waals surface area contributed by atoms with Crippen molar-refractivity contribution in [3.63, 3.8) is 0 Å². The summed E-state index contributed by atoms with van der Waals surface area (Å²) in [5.41, 5.74) is 13.1. The maximum absolute atomic E-state index is 5.93. The molecule has 0 saturated carbocycles. The van der Waals surface area contributed by atoms with E-state index in [9.17, 15) is 0 Å². The zero-order valence-electron chi connectivity index (χ0n) is 11.6. The van der Waals surface area contributed by atoms with E-state index in [1.807, 2.05) is 42.5 Å². The topological polar surface area (TPSA) is 61.3 Å². The largest absolute Gasteiger partial charge is 0.491 e. The summed E-state index contributed by atoms with van der Waals surface area (Å²) in [7, 11) is 0. The van der Waals surface area contributed by atoms with Crippen LogP contribution < -0.4 is 16.2 Å². The number of nitrogens with two attached hydrogens (primary N) is 2. The summed E-state index contributed by atoms with van der Waals surface area (Å²) >= 11 is 1.67. The number of benzene rings is 2. The van der Waals surface area contributed by atoms with E-state index < -0.39 is 0 Å². The smallest absolute Gasteiger partial charge is 0.143 e. The predicted octanol–water partition coefficient (Wildman–Crippen LogP) is 4.18. The van der Waals surface area contributed by atoms with E-state index in [1.165, 1.54) is 0 Å². The summed E-state index contributed by atoms with van der Waals surface area (Å²) in [5, 5.41) is 0. The molecule has 106 valence electrons. The number of hydrogen-bond acceptors (Lipinski definition) is 4. The summed E-state index contributed by atoms with van der Waals surface area (Å²) < 4.78 is 5.72. The third-order valence-electron chi connectivity index (χ3n) is 2.86. The van der Waals surface area contributed by atoms with Gasteiger partial charge in [0.25, 0.3) is 0 Å². The lowest BCUT2D eigenvalue weighted by molar-refractivity contribution is 0.310. The molecule has 0 aliphatic rings. The van der Waals surface area contributed by atoms with E-state index in [0.29, 0.717) is 12.3 Å². The zero-order chi connectivity index (χ0) is 14.4. The Hall–Kier alpha value is -1.81. The molecule has 0 heterocycles. The van der Waals surface area contributed by atoms with Gasteiger partial charge in [-0.05, 0) is 48.9 Å². The average Bonchev–Trinajstić information content (AvgIpc) is 2.45. The molecule has 0 aliphatic heterocycles. The first kappa shape index (κ1) is 14.6. The Kier molecular flexibility index (Phi) is 5.18. The zero-order valence-corrected chi connectivity index (χ0v) is 12.5. The quantitative estimate of drug-likeness (QED) is 0.618. The Balaban J connectivity index is 2.08. The Morgan fingerprint density at radius 2 is 1.70 bits per heavy atom. The Morgan fingerprint density at radius 1 is 1.00 bits per heavy atom. The van der Waals surface area contributed by atoms with Crippen molar-refractivity contribution in [3.8, 4) is 5.75 Å². The van der Waals surface area contributed by atoms with Crippen LogP contribution in [0.2, 0.25) is 0 Å². The Labute approximate surface area is 124 Å². The number of rotatable bonds is 6. The van der Waals surface area contributed by atoms with Crippen LogP contribution in [0.15, 0.2) is 52.3 Å². The summed E-state index contributed by atoms with van der Waals surface area (Å²) in [6, 6.07) is 13.7. The van der Waals surface area contributed by atoms with Gasteiger partial charge < -0.3 is 16.2 Å². The molecular weight excluding hydrogens is 268 g/mol. The number of unbranched alkanes of at least 4 members (excludes halogenated alkanes) is 1. The standard InChI is InChI=1S/C16H20N2OS/c1-2-3-10-19-16-11-14(8-9-15(16)18)20-13-6-4-12(17)5-7-13/h4-9,11H,2-3,10,17-18H2,1H3. The van der Waals surface area contributed by atoms with Gasteiger partial charge in [-0.25, -0.2) is 0 Å². The number of hydrogen-bond donors (Lipinski definition) is 2. The minimum atomic E-state index is 0.683. The van der Waals surface area contributed by atoms with E-state index in [4.69, 9.17) is 16.2 Å². The van der Waals surface area contributed by atoms with Gasteiger partial charge in [-0.1, -0.05) is 25.1 Å². The van der Waals surface area contributed by atoms with Gasteiger partial charge in [0.1, 0.15) is 5.75 Å². The highest BCUT2D eigenvalue weighted by Crippen LogP contribution is 2.33. The van der Waals surface area contributed by atoms with E-state index in [0.717, 1.165) is 34.1 Å². The van der Waals surface area contributed by atoms with Gasteiger partial charge in [-0.15, -0.1) is 0 Å². The molecule has 4 heteroatoms. The van der Waals surface area contributed by atoms with Crippen LogP contribution in [0.25, 0.3) is 0 Å². The molecule has 0 fully saturated rings. The van der Waals surface area contributed by atoms with Crippen molar-refractivity contribution in [1.29, 1.82) is 0 Å². The van der Waals surface area contributed by atoms with Crippen LogP contribution in [0.1, 0.15) is 19.8 Å². The minimum absolute atomic E-state index is 0.683. The molecule has 0 radical (unpaired) electrons. The molecule has 0 aliphatic carbocycles. The van der Waals surface area contributed by atoms with Crippen molar-refractivity contribution >= 4 is 23.1 Å². The summed E-state index contributed by atoms with van der Waals surface area (Å²) in [6.07, 6.45) is 2.15. The average molecular weight is 288 g/mol. The highest BCUT2D eigenvalue weighted by atomic mass is 32.2. The van der Waals surface area contributed by atoms with Crippen molar-refractivity contribution in [3.05, 3.63) is 42.5 Å². The molecule has 2 aromatic rings. The van der Waals surface area contributed by atoms with Crippen LogP contribution in [-0.4, -0.2) is 6.61 Å². The van der Waals surface area contributed by atoms with Crippen molar-refractivity contribution in [2.24, 2.45) is 0 Å². The molecule has 0 amide bonds. The molecular formula is C16H20N2OS. The first-order valence-corrected chi connectivity index (χ1v) is 7.56. The molecule has 0 aromatic heterocycles. The summed E-state index contributed by atoms with van der Waals surface area (Å²) in [6.45, 7) is 2.84. The molecule has 0 spiro atoms. The first-order chi connectivity index (χ1) is 9.69. The van der Waals surface area contributed by atoms with Crippen molar-refractivity contribution in [2.75, 3.05) is 18.1 Å². The molecule has 0 saturated heterocycles. The van der Waals surface area contributed by atoms with E-state index in [-0.39, 0.29) is 0 Å². The molecule has 20 heavy (non-hydrogen) atoms. The van der Waals surface area contributed by atoms with Gasteiger partial charge >= 0.3 is 0 Å². The van der Waals surface area contributed by atoms with Gasteiger partial charge in [-0.3, -0.25) is 0 Å². The molecule has 4 N–H and O–H groups in total. The van der Waals surface area contributed by atoms with Gasteiger partial charge in [0.2, 0.25) is 0 Å². The molecule has 2 aromatic carbocycles. The van der Waals surface area contributed by atoms with Crippen molar-refractivity contribution in [2.45, 2.75) is 29.6 Å². The van der Waals surface area contributed by atoms with Crippen LogP contribution in [0, 0.1) is 0 Å². The second-order valence-electron chi connectivity index (χ2n) is 4.57. The van der Waals surface area contributed by atoms with Gasteiger partial charge in [-0.2, -0.15) is 0 Å². The lowest BCUT2D eigenvalue weighted by atomic mass is 10.3. The van der Waals surface area contributed by atoms with Crippen LogP contribution in [-0.2, 0) is 0 Å². The monoisotopic (exact) mass is 288 g/mol. The fourth-order valence-corrected chi connectivity index (χ4v) is 2.55. The maximum atomic E-state index is 5.93. The maximum Gasteiger partial charge on any atom is 0.143 e. The molecule has 3 nitrogen and oxygen atoms in total. The highest BCUT2D eigenvalue weighted by molar-refractivity contribution is 7.99. The van der Waals surface area contributed by atoms with Crippen molar-refractivity contribution in [1.82, 2.24) is 0 Å². The second kappa shape index (κ2) is 7.10. The first-order valence-electron chi connectivity index (χ1n) is 6.74. The van der Waals surface area contributed by atoms with E-state index in [1.54, 1.807) is 11.8 Å². The molecule has 0 atom stereocenters. The van der Waals surface area contributed by atoms with Crippen LogP contribution in [0.4, 0.5) is 11.4 Å². The minimum Gasteiger partial charge on any atom is -0.491 e. The van der Waals surface area contributed by atoms with Gasteiger partial charge in [0.05, 0.1) is 12.3 Å². The highest BCUT2D eigenvalue weighted by Gasteiger charge is 2.04. The summed E-state index contributed by atoms with van der Waals surface area (Å²) in [4.78, 5) is 2.25. The van der Waals surface area contributed by atoms with Gasteiger partial charge in [0.15, 0.2) is 0 Å². The third-order valence-corrected chi connectivity index (χ3v) is 3.85. The number of anilines is 2. The normalized spacial score (nSPS) is 10.4. The predicted molar refractivity (Wildman–Crippen MR) is 86.2 cm³/mol. The second-order valence-corrected chi connectivity index (χ2v) is 5.72. The van der Waals surface area contributed by atoms with E-state index >= 15 is 0 Å². The fourth-order valence-electron chi connectivity index (χ4n) is 1.70. The van der Waals surface area contributed by atoms with Crippen LogP contribution in [0.3, 0.4) is 0 Å². The number of ether oxygens (including phenoxy) is 1. The molecule has 2 rings (SSSR count).